The zero-order valence-corrected chi connectivity index (χ0v) is 8.36. The number of anilines is 2. The standard InChI is InChI=1S/C11H13N3/c1-14(2)10-4-3-8-7-13-6-5-9(8)11(10)12/h3-7H,12H2,1-2H3. The van der Waals surface area contributed by atoms with Crippen LogP contribution in [0.15, 0.2) is 30.6 Å². The zero-order valence-electron chi connectivity index (χ0n) is 8.36. The van der Waals surface area contributed by atoms with E-state index >= 15 is 0 Å². The molecule has 0 bridgehead atoms. The molecule has 1 aromatic heterocycles. The highest BCUT2D eigenvalue weighted by Gasteiger charge is 2.04. The molecule has 0 aliphatic heterocycles. The highest BCUT2D eigenvalue weighted by atomic mass is 15.1. The molecule has 3 nitrogen and oxygen atoms in total. The number of pyridine rings is 1. The maximum atomic E-state index is 6.05. The van der Waals surface area contributed by atoms with E-state index in [1.807, 2.05) is 43.4 Å². The van der Waals surface area contributed by atoms with E-state index in [0.29, 0.717) is 0 Å². The number of benzene rings is 1. The molecular formula is C11H13N3. The van der Waals surface area contributed by atoms with Crippen molar-refractivity contribution in [3.63, 3.8) is 0 Å². The minimum atomic E-state index is 0.815. The van der Waals surface area contributed by atoms with Gasteiger partial charge in [-0.25, -0.2) is 0 Å². The first-order chi connectivity index (χ1) is 6.70. The first-order valence-electron chi connectivity index (χ1n) is 4.49. The summed E-state index contributed by atoms with van der Waals surface area (Å²) in [5.41, 5.74) is 7.91. The number of rotatable bonds is 1. The molecular weight excluding hydrogens is 174 g/mol. The second-order valence-corrected chi connectivity index (χ2v) is 3.49. The summed E-state index contributed by atoms with van der Waals surface area (Å²) in [7, 11) is 3.97. The Morgan fingerprint density at radius 3 is 2.71 bits per heavy atom. The van der Waals surface area contributed by atoms with Crippen LogP contribution >= 0.6 is 0 Å². The predicted octanol–water partition coefficient (Wildman–Crippen LogP) is 1.88. The lowest BCUT2D eigenvalue weighted by Gasteiger charge is -2.16. The molecule has 2 aromatic rings. The minimum absolute atomic E-state index is 0.815. The van der Waals surface area contributed by atoms with E-state index in [2.05, 4.69) is 4.98 Å². The van der Waals surface area contributed by atoms with Crippen molar-refractivity contribution in [3.05, 3.63) is 30.6 Å². The highest BCUT2D eigenvalue weighted by molar-refractivity contribution is 5.98. The molecule has 2 N–H and O–H groups in total. The largest absolute Gasteiger partial charge is 0.397 e. The van der Waals surface area contributed by atoms with E-state index in [1.54, 1.807) is 6.20 Å². The maximum absolute atomic E-state index is 6.05. The van der Waals surface area contributed by atoms with Gasteiger partial charge in [0.2, 0.25) is 0 Å². The Morgan fingerprint density at radius 2 is 2.00 bits per heavy atom. The monoisotopic (exact) mass is 187 g/mol. The Kier molecular flexibility index (Phi) is 2.00. The number of fused-ring (bicyclic) bond motifs is 1. The third kappa shape index (κ3) is 1.27. The van der Waals surface area contributed by atoms with Crippen molar-refractivity contribution in [2.45, 2.75) is 0 Å². The number of nitrogen functional groups attached to an aromatic ring is 1. The molecule has 14 heavy (non-hydrogen) atoms. The van der Waals surface area contributed by atoms with E-state index in [1.165, 1.54) is 0 Å². The Balaban J connectivity index is 2.75. The van der Waals surface area contributed by atoms with Crippen LogP contribution in [0.5, 0.6) is 0 Å². The summed E-state index contributed by atoms with van der Waals surface area (Å²) in [6, 6.07) is 5.99. The molecule has 0 aliphatic rings. The third-order valence-corrected chi connectivity index (χ3v) is 2.32. The van der Waals surface area contributed by atoms with Crippen LogP contribution in [-0.2, 0) is 0 Å². The van der Waals surface area contributed by atoms with Crippen LogP contribution in [0.2, 0.25) is 0 Å². The lowest BCUT2D eigenvalue weighted by molar-refractivity contribution is 1.14. The number of aromatic nitrogens is 1. The van der Waals surface area contributed by atoms with Crippen LogP contribution in [0.4, 0.5) is 11.4 Å². The van der Waals surface area contributed by atoms with Gasteiger partial charge in [0.15, 0.2) is 0 Å². The van der Waals surface area contributed by atoms with Gasteiger partial charge in [-0.2, -0.15) is 0 Å². The number of nitrogens with zero attached hydrogens (tertiary/aromatic N) is 2. The van der Waals surface area contributed by atoms with Crippen LogP contribution in [0.1, 0.15) is 0 Å². The average Bonchev–Trinajstić information content (AvgIpc) is 2.18. The van der Waals surface area contributed by atoms with Crippen LogP contribution in [-0.4, -0.2) is 19.1 Å². The molecule has 0 unspecified atom stereocenters. The number of nitrogens with two attached hydrogens (primary N) is 1. The Bertz CT molecular complexity index is 463. The van der Waals surface area contributed by atoms with Crippen LogP contribution in [0, 0.1) is 0 Å². The Labute approximate surface area is 83.2 Å². The van der Waals surface area contributed by atoms with Crippen molar-refractivity contribution in [3.8, 4) is 0 Å². The van der Waals surface area contributed by atoms with Crippen molar-refractivity contribution in [2.24, 2.45) is 0 Å². The van der Waals surface area contributed by atoms with Crippen molar-refractivity contribution in [2.75, 3.05) is 24.7 Å². The second-order valence-electron chi connectivity index (χ2n) is 3.49. The first kappa shape index (κ1) is 8.81. The molecule has 0 radical (unpaired) electrons. The quantitative estimate of drug-likeness (QED) is 0.693. The Hall–Kier alpha value is -1.77. The van der Waals surface area contributed by atoms with Gasteiger partial charge in [-0.15, -0.1) is 0 Å². The topological polar surface area (TPSA) is 42.2 Å². The molecule has 0 amide bonds. The second kappa shape index (κ2) is 3.18. The molecule has 72 valence electrons. The predicted molar refractivity (Wildman–Crippen MR) is 60.5 cm³/mol. The SMILES string of the molecule is CN(C)c1ccc2cnccc2c1N. The van der Waals surface area contributed by atoms with Crippen LogP contribution < -0.4 is 10.6 Å². The normalized spacial score (nSPS) is 10.4. The lowest BCUT2D eigenvalue weighted by atomic mass is 10.1. The van der Waals surface area contributed by atoms with E-state index in [4.69, 9.17) is 5.73 Å². The molecule has 0 spiro atoms. The summed E-state index contributed by atoms with van der Waals surface area (Å²) >= 11 is 0. The molecule has 2 rings (SSSR count). The molecule has 1 heterocycles. The number of hydrogen-bond acceptors (Lipinski definition) is 3. The summed E-state index contributed by atoms with van der Waals surface area (Å²) in [4.78, 5) is 6.07. The van der Waals surface area contributed by atoms with Crippen molar-refractivity contribution in [1.29, 1.82) is 0 Å². The van der Waals surface area contributed by atoms with E-state index < -0.39 is 0 Å². The van der Waals surface area contributed by atoms with Crippen molar-refractivity contribution < 1.29 is 0 Å². The van der Waals surface area contributed by atoms with Gasteiger partial charge in [0, 0.05) is 37.3 Å². The van der Waals surface area contributed by atoms with Gasteiger partial charge in [0.05, 0.1) is 11.4 Å². The van der Waals surface area contributed by atoms with Gasteiger partial charge in [-0.1, -0.05) is 6.07 Å². The summed E-state index contributed by atoms with van der Waals surface area (Å²) in [5, 5.41) is 2.14. The molecule has 0 saturated heterocycles. The fraction of sp³-hybridized carbons (Fsp3) is 0.182. The molecule has 3 heteroatoms. The van der Waals surface area contributed by atoms with Gasteiger partial charge in [-0.05, 0) is 12.1 Å². The van der Waals surface area contributed by atoms with Gasteiger partial charge in [0.25, 0.3) is 0 Å². The summed E-state index contributed by atoms with van der Waals surface area (Å²) in [5.74, 6) is 0. The first-order valence-corrected chi connectivity index (χ1v) is 4.49. The molecule has 0 atom stereocenters. The molecule has 0 saturated carbocycles. The van der Waals surface area contributed by atoms with Crippen molar-refractivity contribution in [1.82, 2.24) is 4.98 Å². The van der Waals surface area contributed by atoms with Crippen LogP contribution in [0.25, 0.3) is 10.8 Å². The third-order valence-electron chi connectivity index (χ3n) is 2.32. The molecule has 0 fully saturated rings. The molecule has 1 aromatic carbocycles. The highest BCUT2D eigenvalue weighted by Crippen LogP contribution is 2.29. The smallest absolute Gasteiger partial charge is 0.0632 e. The van der Waals surface area contributed by atoms with Gasteiger partial charge >= 0.3 is 0 Å². The molecule has 0 aliphatic carbocycles. The summed E-state index contributed by atoms with van der Waals surface area (Å²) in [6.07, 6.45) is 3.59. The zero-order chi connectivity index (χ0) is 10.1. The number of hydrogen-bond donors (Lipinski definition) is 1. The van der Waals surface area contributed by atoms with E-state index in [0.717, 1.165) is 22.1 Å². The Morgan fingerprint density at radius 1 is 1.21 bits per heavy atom. The van der Waals surface area contributed by atoms with Gasteiger partial charge < -0.3 is 10.6 Å². The summed E-state index contributed by atoms with van der Waals surface area (Å²) in [6.45, 7) is 0. The van der Waals surface area contributed by atoms with Crippen molar-refractivity contribution >= 4 is 22.1 Å². The maximum Gasteiger partial charge on any atom is 0.0632 e. The average molecular weight is 187 g/mol. The van der Waals surface area contributed by atoms with E-state index in [-0.39, 0.29) is 0 Å². The van der Waals surface area contributed by atoms with Crippen LogP contribution in [0.3, 0.4) is 0 Å². The minimum Gasteiger partial charge on any atom is -0.397 e. The van der Waals surface area contributed by atoms with E-state index in [9.17, 15) is 0 Å². The fourth-order valence-corrected chi connectivity index (χ4v) is 1.57. The van der Waals surface area contributed by atoms with Gasteiger partial charge in [-0.3, -0.25) is 4.98 Å². The summed E-state index contributed by atoms with van der Waals surface area (Å²) < 4.78 is 0. The van der Waals surface area contributed by atoms with Gasteiger partial charge in [0.1, 0.15) is 0 Å². The lowest BCUT2D eigenvalue weighted by Crippen LogP contribution is -2.11. The fourth-order valence-electron chi connectivity index (χ4n) is 1.57.